The number of carbonyl (C=O) groups is 2. The number of benzene rings is 4. The van der Waals surface area contributed by atoms with Gasteiger partial charge in [-0.2, -0.15) is 0 Å². The number of aromatic hydroxyl groups is 2. The average Bonchev–Trinajstić information content (AvgIpc) is 3.61. The van der Waals surface area contributed by atoms with Crippen LogP contribution in [0, 0.1) is 29.6 Å². The monoisotopic (exact) mass is 698 g/mol. The molecule has 2 aliphatic heterocycles. The van der Waals surface area contributed by atoms with Crippen LogP contribution in [0.25, 0.3) is 44.6 Å². The van der Waals surface area contributed by atoms with E-state index in [1.54, 1.807) is 36.4 Å². The van der Waals surface area contributed by atoms with Crippen molar-refractivity contribution in [2.24, 2.45) is 29.6 Å². The maximum absolute atomic E-state index is 12.2. The third-order valence-corrected chi connectivity index (χ3v) is 11.2. The van der Waals surface area contributed by atoms with Crippen LogP contribution in [0.2, 0.25) is 0 Å². The number of carboxylic acids is 2. The summed E-state index contributed by atoms with van der Waals surface area (Å²) in [6, 6.07) is 18.8. The number of aliphatic carboxylic acids is 2. The molecule has 4 N–H and O–H groups in total. The molecule has 2 aromatic carbocycles. The minimum atomic E-state index is -0.837. The molecule has 0 radical (unpaired) electrons. The number of allylic oxidation sites excluding steroid dienone is 4. The Morgan fingerprint density at radius 2 is 1.19 bits per heavy atom. The van der Waals surface area contributed by atoms with E-state index >= 15 is 0 Å². The molecule has 1 fully saturated rings. The Morgan fingerprint density at radius 3 is 1.77 bits per heavy atom. The summed E-state index contributed by atoms with van der Waals surface area (Å²) >= 11 is 0. The highest BCUT2D eigenvalue weighted by Crippen LogP contribution is 2.59. The standard InChI is InChI=1S/C22H18O5.C20H16O5/c1-10-13-6-7-14(10)21(22(25)26)20(13)19-15-4-2-11(23)8-17(15)27-18-9-12(24)3-5-16(18)19;21-11-5-7-15-17(9-11)25-18-10-12(22)6-8-16(18)19(15)13-3-1-2-4-14(13)20(23)24/h2-10,13-14,20-21,23H,1H3,(H,25,26);1-2,5-10,13-14,21H,3-4H2,(H,23,24). The molecule has 2 bridgehead atoms. The van der Waals surface area contributed by atoms with Crippen molar-refractivity contribution in [3.63, 3.8) is 0 Å². The van der Waals surface area contributed by atoms with Crippen molar-refractivity contribution in [3.05, 3.63) is 129 Å². The van der Waals surface area contributed by atoms with Gasteiger partial charge in [0.1, 0.15) is 34.2 Å². The number of carboxylic acid groups (broad SMARTS) is 2. The largest absolute Gasteiger partial charge is 0.508 e. The molecule has 0 saturated heterocycles. The number of phenols is 2. The molecule has 0 amide bonds. The van der Waals surface area contributed by atoms with Crippen molar-refractivity contribution in [2.45, 2.75) is 31.6 Å². The molecule has 5 aliphatic carbocycles. The zero-order valence-electron chi connectivity index (χ0n) is 27.9. The summed E-state index contributed by atoms with van der Waals surface area (Å²) in [5.41, 5.74) is 3.78. The van der Waals surface area contributed by atoms with Gasteiger partial charge in [0.15, 0.2) is 10.9 Å². The van der Waals surface area contributed by atoms with Crippen LogP contribution < -0.4 is 10.9 Å². The van der Waals surface area contributed by atoms with Crippen LogP contribution in [0.5, 0.6) is 11.5 Å². The highest BCUT2D eigenvalue weighted by atomic mass is 16.4. The van der Waals surface area contributed by atoms with Gasteiger partial charge in [-0.1, -0.05) is 31.2 Å². The van der Waals surface area contributed by atoms with Crippen LogP contribution in [0.15, 0.2) is 116 Å². The summed E-state index contributed by atoms with van der Waals surface area (Å²) in [6.07, 6.45) is 9.12. The minimum absolute atomic E-state index is 0.00404. The van der Waals surface area contributed by atoms with E-state index in [0.29, 0.717) is 35.5 Å². The Labute approximate surface area is 296 Å². The van der Waals surface area contributed by atoms with Crippen LogP contribution in [0.1, 0.15) is 42.7 Å². The van der Waals surface area contributed by atoms with E-state index in [4.69, 9.17) is 8.83 Å². The van der Waals surface area contributed by atoms with E-state index in [1.165, 1.54) is 36.4 Å². The summed E-state index contributed by atoms with van der Waals surface area (Å²) in [7, 11) is 0. The SMILES string of the molecule is CC1C2C=CC1C(c1c3ccc(=O)cc-3oc3cc(O)ccc13)C2C(=O)O.O=C(O)C1CC=CCC1c1c2ccc(=O)cc-2oc2cc(O)ccc12. The normalized spacial score (nSPS) is 24.8. The lowest BCUT2D eigenvalue weighted by molar-refractivity contribution is -0.144. The number of phenolic OH excluding ortho intramolecular Hbond substituents is 2. The van der Waals surface area contributed by atoms with Gasteiger partial charge in [-0.15, -0.1) is 0 Å². The molecule has 1 saturated carbocycles. The summed E-state index contributed by atoms with van der Waals surface area (Å²) in [6.45, 7) is 2.10. The van der Waals surface area contributed by atoms with Gasteiger partial charge in [-0.05, 0) is 90.3 Å². The van der Waals surface area contributed by atoms with E-state index in [2.05, 4.69) is 13.0 Å². The quantitative estimate of drug-likeness (QED) is 0.106. The fraction of sp³-hybridized carbons (Fsp3) is 0.238. The molecule has 262 valence electrons. The maximum Gasteiger partial charge on any atom is 0.307 e. The van der Waals surface area contributed by atoms with Crippen LogP contribution in [-0.4, -0.2) is 32.4 Å². The molecule has 10 nitrogen and oxygen atoms in total. The Hall–Kier alpha value is -6.16. The second kappa shape index (κ2) is 12.6. The summed E-state index contributed by atoms with van der Waals surface area (Å²) in [4.78, 5) is 47.5. The van der Waals surface area contributed by atoms with Crippen LogP contribution in [-0.2, 0) is 9.59 Å². The van der Waals surface area contributed by atoms with E-state index in [0.717, 1.165) is 33.0 Å². The highest BCUT2D eigenvalue weighted by Gasteiger charge is 2.54. The van der Waals surface area contributed by atoms with Gasteiger partial charge < -0.3 is 29.3 Å². The van der Waals surface area contributed by atoms with Crippen LogP contribution in [0.4, 0.5) is 0 Å². The first-order valence-corrected chi connectivity index (χ1v) is 17.2. The first kappa shape index (κ1) is 33.0. The Kier molecular flexibility index (Phi) is 7.97. The molecule has 7 aliphatic rings. The molecule has 2 heterocycles. The van der Waals surface area contributed by atoms with Crippen LogP contribution >= 0.6 is 0 Å². The molecule has 0 aromatic heterocycles. The average molecular weight is 699 g/mol. The fourth-order valence-corrected chi connectivity index (χ4v) is 8.87. The zero-order chi connectivity index (χ0) is 36.4. The minimum Gasteiger partial charge on any atom is -0.508 e. The molecular formula is C42H34O10. The second-order valence-electron chi connectivity index (χ2n) is 14.0. The number of hydrogen-bond acceptors (Lipinski definition) is 8. The van der Waals surface area contributed by atoms with Gasteiger partial charge >= 0.3 is 11.9 Å². The smallest absolute Gasteiger partial charge is 0.307 e. The van der Waals surface area contributed by atoms with Crippen molar-refractivity contribution in [1.29, 1.82) is 0 Å². The van der Waals surface area contributed by atoms with Crippen molar-refractivity contribution >= 4 is 33.9 Å². The first-order valence-electron chi connectivity index (χ1n) is 17.2. The molecule has 52 heavy (non-hydrogen) atoms. The lowest BCUT2D eigenvalue weighted by Gasteiger charge is -2.29. The Bertz CT molecular complexity index is 2520. The number of fused-ring (bicyclic) bond motifs is 6. The van der Waals surface area contributed by atoms with Gasteiger partial charge in [-0.25, -0.2) is 0 Å². The van der Waals surface area contributed by atoms with Crippen molar-refractivity contribution in [2.75, 3.05) is 0 Å². The Morgan fingerprint density at radius 1 is 0.654 bits per heavy atom. The zero-order valence-corrected chi connectivity index (χ0v) is 27.9. The van der Waals surface area contributed by atoms with Gasteiger partial charge in [0.25, 0.3) is 0 Å². The summed E-state index contributed by atoms with van der Waals surface area (Å²) < 4.78 is 11.7. The van der Waals surface area contributed by atoms with Crippen LogP contribution in [0.3, 0.4) is 0 Å². The topological polar surface area (TPSA) is 175 Å². The highest BCUT2D eigenvalue weighted by molar-refractivity contribution is 5.92. The molecule has 10 heteroatoms. The van der Waals surface area contributed by atoms with Crippen molar-refractivity contribution in [3.8, 4) is 34.1 Å². The molecule has 0 spiro atoms. The molecule has 2 aromatic rings. The third kappa shape index (κ3) is 5.42. The summed E-state index contributed by atoms with van der Waals surface area (Å²) in [5.74, 6) is -1.86. The number of hydrogen-bond donors (Lipinski definition) is 4. The number of rotatable bonds is 4. The predicted molar refractivity (Wildman–Crippen MR) is 193 cm³/mol. The van der Waals surface area contributed by atoms with Crippen molar-refractivity contribution < 1.29 is 38.8 Å². The van der Waals surface area contributed by atoms with Gasteiger partial charge in [0.2, 0.25) is 0 Å². The third-order valence-electron chi connectivity index (χ3n) is 11.2. The maximum atomic E-state index is 12.2. The predicted octanol–water partition coefficient (Wildman–Crippen LogP) is 7.58. The molecule has 7 unspecified atom stereocenters. The second-order valence-corrected chi connectivity index (χ2v) is 14.0. The van der Waals surface area contributed by atoms with Gasteiger partial charge in [-0.3, -0.25) is 19.2 Å². The molecule has 9 rings (SSSR count). The fourth-order valence-electron chi connectivity index (χ4n) is 8.87. The Balaban J connectivity index is 0.000000149. The van der Waals surface area contributed by atoms with E-state index in [9.17, 15) is 39.6 Å². The van der Waals surface area contributed by atoms with E-state index in [-0.39, 0.29) is 51.9 Å². The molecule has 7 atom stereocenters. The first-order chi connectivity index (χ1) is 25.0. The lowest BCUT2D eigenvalue weighted by atomic mass is 9.75. The molecular weight excluding hydrogens is 664 g/mol. The van der Waals surface area contributed by atoms with Gasteiger partial charge in [0, 0.05) is 58.0 Å². The van der Waals surface area contributed by atoms with Crippen molar-refractivity contribution in [1.82, 2.24) is 0 Å². The van der Waals surface area contributed by atoms with E-state index in [1.807, 2.05) is 18.2 Å². The van der Waals surface area contributed by atoms with Gasteiger partial charge in [0.05, 0.1) is 11.8 Å². The lowest BCUT2D eigenvalue weighted by Crippen LogP contribution is -2.26. The van der Waals surface area contributed by atoms with E-state index < -0.39 is 23.8 Å². The summed E-state index contributed by atoms with van der Waals surface area (Å²) in [5, 5.41) is 40.8.